The standard InChI is InChI=1S/C17H13FN2O3S/c18-12-3-1-2-4-13(12)19-17-20-15(21)14(24-17)9-10-5-7-11(8-6-10)16(22)23/h1-9,17,19H,(H,20,21)(H,22,23)/b14-9-. The highest BCUT2D eigenvalue weighted by atomic mass is 32.2. The predicted octanol–water partition coefficient (Wildman–Crippen LogP) is 3.12. The largest absolute Gasteiger partial charge is 0.478 e. The molecular formula is C17H13FN2O3S. The molecule has 7 heteroatoms. The molecule has 1 aliphatic rings. The van der Waals surface area contributed by atoms with Crippen LogP contribution in [0.15, 0.2) is 53.4 Å². The number of anilines is 1. The number of carbonyl (C=O) groups is 2. The van der Waals surface area contributed by atoms with Gasteiger partial charge in [-0.2, -0.15) is 0 Å². The average molecular weight is 344 g/mol. The summed E-state index contributed by atoms with van der Waals surface area (Å²) < 4.78 is 13.6. The number of benzene rings is 2. The van der Waals surface area contributed by atoms with Crippen molar-refractivity contribution in [2.75, 3.05) is 5.32 Å². The summed E-state index contributed by atoms with van der Waals surface area (Å²) >= 11 is 1.23. The summed E-state index contributed by atoms with van der Waals surface area (Å²) in [7, 11) is 0. The van der Waals surface area contributed by atoms with Crippen molar-refractivity contribution in [2.45, 2.75) is 5.50 Å². The van der Waals surface area contributed by atoms with Crippen LogP contribution in [0, 0.1) is 5.82 Å². The zero-order chi connectivity index (χ0) is 17.1. The summed E-state index contributed by atoms with van der Waals surface area (Å²) in [6.45, 7) is 0. The van der Waals surface area contributed by atoms with E-state index in [0.29, 0.717) is 16.2 Å². The molecule has 1 amide bonds. The molecule has 0 saturated carbocycles. The molecule has 0 bridgehead atoms. The van der Waals surface area contributed by atoms with Crippen molar-refractivity contribution in [3.8, 4) is 0 Å². The molecule has 0 spiro atoms. The third-order valence-corrected chi connectivity index (χ3v) is 4.38. The van der Waals surface area contributed by atoms with Crippen LogP contribution in [0.25, 0.3) is 6.08 Å². The van der Waals surface area contributed by atoms with Crippen molar-refractivity contribution < 1.29 is 19.1 Å². The molecule has 1 heterocycles. The summed E-state index contributed by atoms with van der Waals surface area (Å²) in [5.41, 5.74) is 0.727. The normalized spacial score (nSPS) is 18.5. The minimum Gasteiger partial charge on any atom is -0.478 e. The Morgan fingerprint density at radius 2 is 1.92 bits per heavy atom. The van der Waals surface area contributed by atoms with Crippen LogP contribution in [0.2, 0.25) is 0 Å². The van der Waals surface area contributed by atoms with Crippen molar-refractivity contribution >= 4 is 35.4 Å². The van der Waals surface area contributed by atoms with Crippen LogP contribution in [-0.4, -0.2) is 22.5 Å². The summed E-state index contributed by atoms with van der Waals surface area (Å²) in [5.74, 6) is -1.67. The Kier molecular flexibility index (Phi) is 4.52. The highest BCUT2D eigenvalue weighted by Gasteiger charge is 2.27. The number of hydrogen-bond acceptors (Lipinski definition) is 4. The van der Waals surface area contributed by atoms with E-state index in [-0.39, 0.29) is 11.5 Å². The molecule has 24 heavy (non-hydrogen) atoms. The van der Waals surface area contributed by atoms with Crippen LogP contribution in [0.4, 0.5) is 10.1 Å². The van der Waals surface area contributed by atoms with Gasteiger partial charge in [0, 0.05) is 0 Å². The molecule has 5 nitrogen and oxygen atoms in total. The van der Waals surface area contributed by atoms with E-state index in [0.717, 1.165) is 0 Å². The number of carboxylic acids is 1. The SMILES string of the molecule is O=C1NC(Nc2ccccc2F)S/C1=C\c1ccc(C(=O)O)cc1. The third-order valence-electron chi connectivity index (χ3n) is 3.35. The lowest BCUT2D eigenvalue weighted by atomic mass is 10.1. The fourth-order valence-electron chi connectivity index (χ4n) is 2.16. The zero-order valence-electron chi connectivity index (χ0n) is 12.3. The maximum Gasteiger partial charge on any atom is 0.335 e. The molecule has 3 rings (SSSR count). The van der Waals surface area contributed by atoms with Gasteiger partial charge in [0.1, 0.15) is 5.82 Å². The molecule has 0 aliphatic carbocycles. The van der Waals surface area contributed by atoms with E-state index in [4.69, 9.17) is 5.11 Å². The fourth-order valence-corrected chi connectivity index (χ4v) is 3.13. The molecule has 3 N–H and O–H groups in total. The molecule has 2 aromatic rings. The van der Waals surface area contributed by atoms with Crippen LogP contribution in [0.3, 0.4) is 0 Å². The molecule has 2 aromatic carbocycles. The summed E-state index contributed by atoms with van der Waals surface area (Å²) in [4.78, 5) is 23.3. The Balaban J connectivity index is 1.72. The van der Waals surface area contributed by atoms with Crippen molar-refractivity contribution in [3.63, 3.8) is 0 Å². The molecule has 1 saturated heterocycles. The Labute approximate surface area is 141 Å². The second-order valence-corrected chi connectivity index (χ2v) is 6.18. The van der Waals surface area contributed by atoms with Gasteiger partial charge in [-0.25, -0.2) is 9.18 Å². The molecule has 0 aromatic heterocycles. The third kappa shape index (κ3) is 3.57. The van der Waals surface area contributed by atoms with Gasteiger partial charge in [0.25, 0.3) is 5.91 Å². The molecule has 0 radical (unpaired) electrons. The number of para-hydroxylation sites is 1. The number of carboxylic acid groups (broad SMARTS) is 1. The van der Waals surface area contributed by atoms with Crippen LogP contribution in [-0.2, 0) is 4.79 Å². The Morgan fingerprint density at radius 1 is 1.21 bits per heavy atom. The van der Waals surface area contributed by atoms with Crippen LogP contribution < -0.4 is 10.6 Å². The van der Waals surface area contributed by atoms with Gasteiger partial charge in [0.2, 0.25) is 0 Å². The maximum absolute atomic E-state index is 13.6. The van der Waals surface area contributed by atoms with Crippen molar-refractivity contribution in [1.82, 2.24) is 5.32 Å². The molecule has 1 unspecified atom stereocenters. The van der Waals surface area contributed by atoms with Crippen LogP contribution >= 0.6 is 11.8 Å². The topological polar surface area (TPSA) is 78.4 Å². The van der Waals surface area contributed by atoms with E-state index in [9.17, 15) is 14.0 Å². The number of rotatable bonds is 4. The first kappa shape index (κ1) is 16.1. The molecule has 1 atom stereocenters. The lowest BCUT2D eigenvalue weighted by molar-refractivity contribution is -0.116. The second kappa shape index (κ2) is 6.76. The van der Waals surface area contributed by atoms with Gasteiger partial charge >= 0.3 is 5.97 Å². The maximum atomic E-state index is 13.6. The van der Waals surface area contributed by atoms with Crippen molar-refractivity contribution in [3.05, 3.63) is 70.4 Å². The quantitative estimate of drug-likeness (QED) is 0.743. The minimum absolute atomic E-state index is 0.180. The first-order chi connectivity index (χ1) is 11.5. The minimum atomic E-state index is -1.00. The molecule has 1 fully saturated rings. The van der Waals surface area contributed by atoms with Crippen molar-refractivity contribution in [1.29, 1.82) is 0 Å². The van der Waals surface area contributed by atoms with Gasteiger partial charge in [0.05, 0.1) is 16.2 Å². The van der Waals surface area contributed by atoms with Crippen LogP contribution in [0.5, 0.6) is 0 Å². The number of hydrogen-bond donors (Lipinski definition) is 3. The average Bonchev–Trinajstić information content (AvgIpc) is 2.90. The van der Waals surface area contributed by atoms with E-state index < -0.39 is 17.3 Å². The van der Waals surface area contributed by atoms with Crippen molar-refractivity contribution in [2.24, 2.45) is 0 Å². The number of aromatic carboxylic acids is 1. The number of nitrogens with one attached hydrogen (secondary N) is 2. The number of carbonyl (C=O) groups excluding carboxylic acids is 1. The summed E-state index contributed by atoms with van der Waals surface area (Å²) in [6.07, 6.45) is 1.66. The fraction of sp³-hybridized carbons (Fsp3) is 0.0588. The van der Waals surface area contributed by atoms with E-state index >= 15 is 0 Å². The number of halogens is 1. The van der Waals surface area contributed by atoms with Gasteiger partial charge in [-0.05, 0) is 35.9 Å². The summed E-state index contributed by atoms with van der Waals surface area (Å²) in [6, 6.07) is 12.4. The highest BCUT2D eigenvalue weighted by Crippen LogP contribution is 2.30. The van der Waals surface area contributed by atoms with Gasteiger partial charge in [-0.1, -0.05) is 36.0 Å². The highest BCUT2D eigenvalue weighted by molar-refractivity contribution is 8.05. The number of thioether (sulfide) groups is 1. The molecular weight excluding hydrogens is 331 g/mol. The zero-order valence-corrected chi connectivity index (χ0v) is 13.1. The second-order valence-electron chi connectivity index (χ2n) is 5.03. The predicted molar refractivity (Wildman–Crippen MR) is 90.9 cm³/mol. The van der Waals surface area contributed by atoms with Gasteiger partial charge in [-0.3, -0.25) is 4.79 Å². The van der Waals surface area contributed by atoms with E-state index in [1.165, 1.54) is 30.0 Å². The lowest BCUT2D eigenvalue weighted by Gasteiger charge is -2.12. The van der Waals surface area contributed by atoms with Gasteiger partial charge in [-0.15, -0.1) is 0 Å². The van der Waals surface area contributed by atoms with E-state index in [1.54, 1.807) is 36.4 Å². The Morgan fingerprint density at radius 3 is 2.58 bits per heavy atom. The lowest BCUT2D eigenvalue weighted by Crippen LogP contribution is -2.31. The summed E-state index contributed by atoms with van der Waals surface area (Å²) in [5, 5.41) is 14.5. The molecule has 122 valence electrons. The monoisotopic (exact) mass is 344 g/mol. The first-order valence-corrected chi connectivity index (χ1v) is 7.94. The molecule has 1 aliphatic heterocycles. The first-order valence-electron chi connectivity index (χ1n) is 7.06. The van der Waals surface area contributed by atoms with E-state index in [2.05, 4.69) is 10.6 Å². The Hall–Kier alpha value is -2.80. The Bertz CT molecular complexity index is 821. The smallest absolute Gasteiger partial charge is 0.335 e. The number of amides is 1. The van der Waals surface area contributed by atoms with Gasteiger partial charge in [0.15, 0.2) is 5.50 Å². The van der Waals surface area contributed by atoms with E-state index in [1.807, 2.05) is 0 Å². The van der Waals surface area contributed by atoms with Crippen LogP contribution in [0.1, 0.15) is 15.9 Å². The van der Waals surface area contributed by atoms with Gasteiger partial charge < -0.3 is 15.7 Å².